The van der Waals surface area contributed by atoms with E-state index in [0.29, 0.717) is 32.8 Å². The molecule has 0 rings (SSSR count). The molecule has 0 radical (unpaired) electrons. The zero-order valence-electron chi connectivity index (χ0n) is 40.9. The number of carboxylic acids is 11. The molecule has 0 aliphatic carbocycles. The summed E-state index contributed by atoms with van der Waals surface area (Å²) < 4.78 is 10.5. The molecule has 422 valence electrons. The molecule has 0 unspecified atom stereocenters. The summed E-state index contributed by atoms with van der Waals surface area (Å²) in [5.74, 6) is -12.0. The fraction of sp³-hybridized carbons (Fsp3) is 0.692. The fourth-order valence-electron chi connectivity index (χ4n) is 5.07. The van der Waals surface area contributed by atoms with E-state index >= 15 is 0 Å². The van der Waals surface area contributed by atoms with Gasteiger partial charge < -0.3 is 80.6 Å². The Hall–Kier alpha value is -6.92. The molecular weight excluding hydrogens is 996 g/mol. The third-order valence-electron chi connectivity index (χ3n) is 8.30. The van der Waals surface area contributed by atoms with Gasteiger partial charge in [0.2, 0.25) is 0 Å². The van der Waals surface area contributed by atoms with Crippen LogP contribution in [0.1, 0.15) is 0 Å². The summed E-state index contributed by atoms with van der Waals surface area (Å²) in [5.41, 5.74) is 0. The normalized spacial score (nSPS) is 10.7. The maximum Gasteiger partial charge on any atom is 0.407 e. The van der Waals surface area contributed by atoms with Gasteiger partial charge in [-0.1, -0.05) is 0 Å². The monoisotopic (exact) mass is 1070 g/mol. The maximum atomic E-state index is 10.7. The second-order valence-electron chi connectivity index (χ2n) is 15.3. The van der Waals surface area contributed by atoms with Crippen LogP contribution in [0.3, 0.4) is 0 Å². The average molecular weight is 1070 g/mol. The van der Waals surface area contributed by atoms with Gasteiger partial charge in [-0.25, -0.2) is 4.79 Å². The van der Waals surface area contributed by atoms with E-state index < -0.39 is 111 Å². The average Bonchev–Trinajstić information content (AvgIpc) is 3.20. The van der Waals surface area contributed by atoms with Crippen molar-refractivity contribution in [2.24, 2.45) is 0 Å². The molecule has 0 aliphatic heterocycles. The minimum absolute atomic E-state index is 0.0515. The van der Waals surface area contributed by atoms with Crippen LogP contribution in [-0.2, 0) is 62.2 Å². The van der Waals surface area contributed by atoms with Gasteiger partial charge >= 0.3 is 71.8 Å². The minimum atomic E-state index is -1.15. The van der Waals surface area contributed by atoms with Gasteiger partial charge in [0.1, 0.15) is 0 Å². The van der Waals surface area contributed by atoms with E-state index in [1.54, 1.807) is 23.9 Å². The van der Waals surface area contributed by atoms with E-state index in [4.69, 9.17) is 70.8 Å². The summed E-state index contributed by atoms with van der Waals surface area (Å²) in [4.78, 5) is 136. The van der Waals surface area contributed by atoms with Crippen molar-refractivity contribution >= 4 is 71.8 Å². The summed E-state index contributed by atoms with van der Waals surface area (Å²) in [6.45, 7) is -0.638. The third kappa shape index (κ3) is 57.5. The minimum Gasteiger partial charge on any atom is -0.480 e. The fourth-order valence-corrected chi connectivity index (χ4v) is 5.07. The van der Waals surface area contributed by atoms with Gasteiger partial charge in [-0.15, -0.1) is 0 Å². The van der Waals surface area contributed by atoms with Gasteiger partial charge in [0.15, 0.2) is 0 Å². The van der Waals surface area contributed by atoms with Crippen LogP contribution >= 0.6 is 0 Å². The third-order valence-corrected chi connectivity index (χ3v) is 8.30. The number of rotatable bonds is 40. The second-order valence-corrected chi connectivity index (χ2v) is 15.3. The van der Waals surface area contributed by atoms with E-state index in [2.05, 4.69) is 0 Å². The zero-order chi connectivity index (χ0) is 57.2. The quantitative estimate of drug-likeness (QED) is 0.0255. The maximum absolute atomic E-state index is 10.7. The van der Waals surface area contributed by atoms with E-state index in [9.17, 15) is 57.5 Å². The first-order chi connectivity index (χ1) is 33.7. The van der Waals surface area contributed by atoms with E-state index in [1.165, 1.54) is 33.7 Å². The van der Waals surface area contributed by atoms with Crippen molar-refractivity contribution in [3.8, 4) is 0 Å². The highest BCUT2D eigenvalue weighted by molar-refractivity contribution is 5.75. The van der Waals surface area contributed by atoms with E-state index in [0.717, 1.165) is 9.80 Å². The van der Waals surface area contributed by atoms with Gasteiger partial charge in [-0.2, -0.15) is 0 Å². The van der Waals surface area contributed by atoms with Crippen molar-refractivity contribution in [1.29, 1.82) is 0 Å². The first-order valence-electron chi connectivity index (χ1n) is 21.2. The molecule has 0 saturated heterocycles. The predicted octanol–water partition coefficient (Wildman–Crippen LogP) is -5.48. The highest BCUT2D eigenvalue weighted by Crippen LogP contribution is 1.96. The molecule has 34 nitrogen and oxygen atoms in total. The molecule has 0 fully saturated rings. The second kappa shape index (κ2) is 43.8. The smallest absolute Gasteiger partial charge is 0.407 e. The number of hydrogen-bond donors (Lipinski definition) is 12. The lowest BCUT2D eigenvalue weighted by molar-refractivity contribution is -0.144. The molecule has 0 aromatic rings. The van der Waals surface area contributed by atoms with Crippen LogP contribution in [0.25, 0.3) is 0 Å². The largest absolute Gasteiger partial charge is 0.480 e. The SMILES string of the molecule is CN(CC(=O)O)CC(=O)O.CN(CCN(CC(=O)O)CC(=O)O)C(=O)O.CN(CCN(CC(=O)O)CC(=O)O)CCN(CC(=O)O)CC(=O)O.CN(CCOCCOCCN(CC(=O)O)CC(=O)O)CC(=O)O. The highest BCUT2D eigenvalue weighted by Gasteiger charge is 2.18. The van der Waals surface area contributed by atoms with Crippen LogP contribution in [0.5, 0.6) is 0 Å². The Kier molecular flexibility index (Phi) is 43.6. The van der Waals surface area contributed by atoms with Crippen LogP contribution in [0.4, 0.5) is 4.79 Å². The summed E-state index contributed by atoms with van der Waals surface area (Å²) in [6, 6.07) is 0. The Morgan fingerprint density at radius 2 is 0.493 bits per heavy atom. The molecule has 0 aromatic heterocycles. The first-order valence-corrected chi connectivity index (χ1v) is 21.2. The molecular formula is C39H70N8O26. The predicted molar refractivity (Wildman–Crippen MR) is 245 cm³/mol. The van der Waals surface area contributed by atoms with Gasteiger partial charge in [0.05, 0.1) is 98.4 Å². The van der Waals surface area contributed by atoms with E-state index in [1.807, 2.05) is 0 Å². The van der Waals surface area contributed by atoms with Crippen molar-refractivity contribution < 1.29 is 128 Å². The molecule has 12 N–H and O–H groups in total. The number of amides is 1. The Morgan fingerprint density at radius 1 is 0.260 bits per heavy atom. The van der Waals surface area contributed by atoms with Gasteiger partial charge in [0.25, 0.3) is 0 Å². The Balaban J connectivity index is -0.000000454. The van der Waals surface area contributed by atoms with Crippen molar-refractivity contribution in [3.63, 3.8) is 0 Å². The standard InChI is InChI=1S/C13H23N3O8.C13H24N2O8.C8H14N2O6.C5H9NO4/c1-14(2-4-15(6-10(17)18)7-11(19)20)3-5-16(8-12(21)22)9-13(23)24;1-14(8-11(16)17)2-4-22-6-7-23-5-3-15(9-12(18)19)10-13(20)21;1-9(8(15)16)2-3-10(4-6(11)12)5-7(13)14;1-6(2-4(7)8)3-5(9)10/h2-9H2,1H3,(H,17,18)(H,19,20)(H,21,22)(H,23,24);2-10H2,1H3,(H,16,17)(H,18,19)(H,20,21);2-5H2,1H3,(H,11,12)(H,13,14)(H,15,16);2-3H2,1H3,(H,7,8)(H,9,10). The van der Waals surface area contributed by atoms with Crippen LogP contribution in [0.2, 0.25) is 0 Å². The molecule has 1 amide bonds. The highest BCUT2D eigenvalue weighted by atomic mass is 16.5. The number of aliphatic carboxylic acids is 11. The molecule has 0 saturated carbocycles. The Bertz CT molecular complexity index is 1610. The van der Waals surface area contributed by atoms with Crippen LogP contribution in [0.15, 0.2) is 0 Å². The van der Waals surface area contributed by atoms with Crippen LogP contribution < -0.4 is 0 Å². The summed E-state index contributed by atoms with van der Waals surface area (Å²) >= 11 is 0. The topological polar surface area (TPSA) is 492 Å². The summed E-state index contributed by atoms with van der Waals surface area (Å²) in [5, 5.41) is 103. The molecule has 0 spiro atoms. The van der Waals surface area contributed by atoms with E-state index in [-0.39, 0.29) is 78.7 Å². The molecule has 0 bridgehead atoms. The van der Waals surface area contributed by atoms with Crippen molar-refractivity contribution in [2.45, 2.75) is 0 Å². The van der Waals surface area contributed by atoms with Gasteiger partial charge in [0, 0.05) is 59.4 Å². The number of nitrogens with zero attached hydrogens (tertiary/aromatic N) is 8. The number of hydrogen-bond acceptors (Lipinski definition) is 21. The lowest BCUT2D eigenvalue weighted by Gasteiger charge is -2.25. The van der Waals surface area contributed by atoms with Crippen molar-refractivity contribution in [1.82, 2.24) is 39.2 Å². The number of ether oxygens (including phenoxy) is 2. The number of carboxylic acid groups (broad SMARTS) is 12. The summed E-state index contributed by atoms with van der Waals surface area (Å²) in [7, 11) is 6.12. The Morgan fingerprint density at radius 3 is 0.753 bits per heavy atom. The lowest BCUT2D eigenvalue weighted by atomic mass is 10.4. The van der Waals surface area contributed by atoms with Gasteiger partial charge in [-0.05, 0) is 21.1 Å². The molecule has 0 atom stereocenters. The summed E-state index contributed by atoms with van der Waals surface area (Å²) in [6.07, 6.45) is -1.15. The zero-order valence-corrected chi connectivity index (χ0v) is 40.9. The number of likely N-dealkylation sites (N-methyl/N-ethyl adjacent to an activating group) is 4. The molecule has 0 aliphatic rings. The van der Waals surface area contributed by atoms with Crippen LogP contribution in [0, 0.1) is 0 Å². The molecule has 73 heavy (non-hydrogen) atoms. The molecule has 0 aromatic carbocycles. The first kappa shape index (κ1) is 72.6. The van der Waals surface area contributed by atoms with Crippen molar-refractivity contribution in [2.75, 3.05) is 179 Å². The van der Waals surface area contributed by atoms with Crippen LogP contribution in [-0.4, -0.2) is 351 Å². The number of carbonyl (C=O) groups is 12. The Labute approximate surface area is 417 Å². The molecule has 34 heteroatoms. The van der Waals surface area contributed by atoms with Gasteiger partial charge in [-0.3, -0.25) is 82.1 Å². The van der Waals surface area contributed by atoms with Crippen molar-refractivity contribution in [3.05, 3.63) is 0 Å². The lowest BCUT2D eigenvalue weighted by Crippen LogP contribution is -2.43. The molecule has 0 heterocycles.